The van der Waals surface area contributed by atoms with Gasteiger partial charge in [-0.2, -0.15) is 0 Å². The Morgan fingerprint density at radius 2 is 1.71 bits per heavy atom. The maximum absolute atomic E-state index is 11.8. The first kappa shape index (κ1) is 15.5. The molecule has 0 spiro atoms. The van der Waals surface area contributed by atoms with Crippen LogP contribution in [0.3, 0.4) is 0 Å². The topological polar surface area (TPSA) is 55.1 Å². The van der Waals surface area contributed by atoms with Crippen LogP contribution in [0.15, 0.2) is 42.5 Å². The lowest BCUT2D eigenvalue weighted by atomic mass is 10.0. The number of unbranched alkanes of at least 4 members (excludes halogenated alkanes) is 3. The third-order valence-corrected chi connectivity index (χ3v) is 3.71. The van der Waals surface area contributed by atoms with Gasteiger partial charge in [0.15, 0.2) is 0 Å². The van der Waals surface area contributed by atoms with Crippen molar-refractivity contribution in [3.8, 4) is 0 Å². The zero-order valence-corrected chi connectivity index (χ0v) is 12.5. The lowest BCUT2D eigenvalue weighted by molar-refractivity contribution is -0.121. The number of hydrogen-bond acceptors (Lipinski definition) is 2. The van der Waals surface area contributed by atoms with Crippen molar-refractivity contribution in [2.75, 3.05) is 6.54 Å². The molecule has 0 fully saturated rings. The number of fused-ring (bicyclic) bond motifs is 1. The van der Waals surface area contributed by atoms with Gasteiger partial charge in [-0.15, -0.1) is 0 Å². The molecule has 112 valence electrons. The molecule has 3 nitrogen and oxygen atoms in total. The van der Waals surface area contributed by atoms with Gasteiger partial charge in [0, 0.05) is 13.0 Å². The number of carbonyl (C=O) groups excluding carboxylic acids is 1. The van der Waals surface area contributed by atoms with Crippen LogP contribution in [0.25, 0.3) is 10.8 Å². The molecule has 0 aromatic heterocycles. The highest BCUT2D eigenvalue weighted by molar-refractivity contribution is 5.86. The molecular weight excluding hydrogens is 260 g/mol. The summed E-state index contributed by atoms with van der Waals surface area (Å²) in [6.45, 7) is 1.34. The van der Waals surface area contributed by atoms with E-state index >= 15 is 0 Å². The van der Waals surface area contributed by atoms with Crippen LogP contribution in [0, 0.1) is 0 Å². The summed E-state index contributed by atoms with van der Waals surface area (Å²) in [5.41, 5.74) is 6.62. The van der Waals surface area contributed by atoms with Crippen LogP contribution in [-0.2, 0) is 11.3 Å². The normalized spacial score (nSPS) is 10.7. The van der Waals surface area contributed by atoms with Crippen LogP contribution >= 0.6 is 0 Å². The van der Waals surface area contributed by atoms with Gasteiger partial charge >= 0.3 is 0 Å². The number of benzene rings is 2. The molecule has 0 atom stereocenters. The predicted octanol–water partition coefficient (Wildman–Crippen LogP) is 3.37. The molecule has 21 heavy (non-hydrogen) atoms. The molecular formula is C18H24N2O. The minimum absolute atomic E-state index is 0.135. The number of nitrogens with two attached hydrogens (primary N) is 1. The van der Waals surface area contributed by atoms with Gasteiger partial charge in [-0.05, 0) is 35.7 Å². The number of amides is 1. The van der Waals surface area contributed by atoms with E-state index in [1.54, 1.807) is 0 Å². The lowest BCUT2D eigenvalue weighted by Gasteiger charge is -2.08. The summed E-state index contributed by atoms with van der Waals surface area (Å²) in [6, 6.07) is 14.5. The van der Waals surface area contributed by atoms with Crippen molar-refractivity contribution in [3.63, 3.8) is 0 Å². The Hall–Kier alpha value is -1.87. The predicted molar refractivity (Wildman–Crippen MR) is 87.9 cm³/mol. The molecule has 2 aromatic carbocycles. The van der Waals surface area contributed by atoms with Gasteiger partial charge in [0.1, 0.15) is 0 Å². The van der Waals surface area contributed by atoms with Gasteiger partial charge in [0.05, 0.1) is 0 Å². The number of rotatable bonds is 8. The Kier molecular flexibility index (Phi) is 6.22. The molecule has 0 bridgehead atoms. The Balaban J connectivity index is 1.80. The van der Waals surface area contributed by atoms with Gasteiger partial charge in [-0.1, -0.05) is 55.3 Å². The van der Waals surface area contributed by atoms with Crippen LogP contribution in [0.2, 0.25) is 0 Å². The van der Waals surface area contributed by atoms with Gasteiger partial charge in [0.25, 0.3) is 0 Å². The minimum atomic E-state index is 0.135. The smallest absolute Gasteiger partial charge is 0.220 e. The number of nitrogens with one attached hydrogen (secondary N) is 1. The van der Waals surface area contributed by atoms with E-state index in [4.69, 9.17) is 5.73 Å². The second-order valence-corrected chi connectivity index (χ2v) is 5.37. The third-order valence-electron chi connectivity index (χ3n) is 3.71. The monoisotopic (exact) mass is 284 g/mol. The van der Waals surface area contributed by atoms with Gasteiger partial charge < -0.3 is 11.1 Å². The summed E-state index contributed by atoms with van der Waals surface area (Å²) < 4.78 is 0. The first-order valence-electron chi connectivity index (χ1n) is 7.74. The molecule has 0 aliphatic heterocycles. The lowest BCUT2D eigenvalue weighted by Crippen LogP contribution is -2.22. The fourth-order valence-electron chi connectivity index (χ4n) is 2.51. The van der Waals surface area contributed by atoms with Crippen LogP contribution in [-0.4, -0.2) is 12.5 Å². The Labute approximate surface area is 126 Å². The summed E-state index contributed by atoms with van der Waals surface area (Å²) in [5, 5.41) is 5.44. The Morgan fingerprint density at radius 3 is 2.57 bits per heavy atom. The average Bonchev–Trinajstić information content (AvgIpc) is 2.52. The van der Waals surface area contributed by atoms with E-state index in [1.165, 1.54) is 16.3 Å². The quantitative estimate of drug-likeness (QED) is 0.730. The van der Waals surface area contributed by atoms with Crippen molar-refractivity contribution in [1.82, 2.24) is 5.32 Å². The maximum Gasteiger partial charge on any atom is 0.220 e. The molecule has 2 rings (SSSR count). The van der Waals surface area contributed by atoms with Crippen LogP contribution in [0.5, 0.6) is 0 Å². The summed E-state index contributed by atoms with van der Waals surface area (Å²) >= 11 is 0. The number of hydrogen-bond donors (Lipinski definition) is 2. The second-order valence-electron chi connectivity index (χ2n) is 5.37. The zero-order valence-electron chi connectivity index (χ0n) is 12.5. The molecule has 1 amide bonds. The zero-order chi connectivity index (χ0) is 14.9. The standard InChI is InChI=1S/C18H24N2O/c19-13-6-2-1-3-12-18(21)20-14-16-10-7-9-15-8-4-5-11-17(15)16/h4-5,7-11H,1-3,6,12-14,19H2,(H,20,21). The fraction of sp³-hybridized carbons (Fsp3) is 0.389. The van der Waals surface area contributed by atoms with E-state index in [2.05, 4.69) is 29.6 Å². The van der Waals surface area contributed by atoms with Crippen LogP contribution < -0.4 is 11.1 Å². The molecule has 0 aliphatic carbocycles. The highest BCUT2D eigenvalue weighted by Gasteiger charge is 2.03. The first-order chi connectivity index (χ1) is 10.3. The summed E-state index contributed by atoms with van der Waals surface area (Å²) in [7, 11) is 0. The fourth-order valence-corrected chi connectivity index (χ4v) is 2.51. The number of carbonyl (C=O) groups is 1. The van der Waals surface area contributed by atoms with E-state index in [0.717, 1.165) is 32.2 Å². The Morgan fingerprint density at radius 1 is 0.952 bits per heavy atom. The molecule has 0 unspecified atom stereocenters. The first-order valence-corrected chi connectivity index (χ1v) is 7.74. The van der Waals surface area contributed by atoms with Crippen molar-refractivity contribution in [1.29, 1.82) is 0 Å². The molecule has 0 aliphatic rings. The molecule has 0 saturated heterocycles. The summed E-state index contributed by atoms with van der Waals surface area (Å²) in [6.07, 6.45) is 4.81. The van der Waals surface area contributed by atoms with Crippen LogP contribution in [0.1, 0.15) is 37.7 Å². The molecule has 3 heteroatoms. The molecule has 3 N–H and O–H groups in total. The summed E-state index contributed by atoms with van der Waals surface area (Å²) in [4.78, 5) is 11.8. The highest BCUT2D eigenvalue weighted by atomic mass is 16.1. The van der Waals surface area contributed by atoms with Crippen molar-refractivity contribution >= 4 is 16.7 Å². The second kappa shape index (κ2) is 8.42. The van der Waals surface area contributed by atoms with Crippen molar-refractivity contribution in [3.05, 3.63) is 48.0 Å². The van der Waals surface area contributed by atoms with E-state index in [-0.39, 0.29) is 5.91 Å². The van der Waals surface area contributed by atoms with Crippen molar-refractivity contribution < 1.29 is 4.79 Å². The van der Waals surface area contributed by atoms with Crippen molar-refractivity contribution in [2.45, 2.75) is 38.6 Å². The Bertz CT molecular complexity index is 575. The van der Waals surface area contributed by atoms with Gasteiger partial charge in [-0.3, -0.25) is 4.79 Å². The maximum atomic E-state index is 11.8. The van der Waals surface area contributed by atoms with E-state index in [9.17, 15) is 4.79 Å². The van der Waals surface area contributed by atoms with Crippen LogP contribution in [0.4, 0.5) is 0 Å². The minimum Gasteiger partial charge on any atom is -0.352 e. The van der Waals surface area contributed by atoms with E-state index in [1.807, 2.05) is 18.2 Å². The van der Waals surface area contributed by atoms with Crippen molar-refractivity contribution in [2.24, 2.45) is 5.73 Å². The van der Waals surface area contributed by atoms with Gasteiger partial charge in [-0.25, -0.2) is 0 Å². The summed E-state index contributed by atoms with van der Waals surface area (Å²) in [5.74, 6) is 0.135. The molecule has 0 radical (unpaired) electrons. The molecule has 0 heterocycles. The average molecular weight is 284 g/mol. The van der Waals surface area contributed by atoms with Gasteiger partial charge in [0.2, 0.25) is 5.91 Å². The molecule has 2 aromatic rings. The van der Waals surface area contributed by atoms with E-state index < -0.39 is 0 Å². The highest BCUT2D eigenvalue weighted by Crippen LogP contribution is 2.18. The SMILES string of the molecule is NCCCCCCC(=O)NCc1cccc2ccccc12. The van der Waals surface area contributed by atoms with E-state index in [0.29, 0.717) is 13.0 Å². The molecule has 0 saturated carbocycles. The largest absolute Gasteiger partial charge is 0.352 e. The third kappa shape index (κ3) is 4.87.